The Hall–Kier alpha value is -1.93. The van der Waals surface area contributed by atoms with Crippen LogP contribution < -0.4 is 20.9 Å². The van der Waals surface area contributed by atoms with E-state index >= 15 is 0 Å². The molecule has 3 N–H and O–H groups in total. The number of rotatable bonds is 5. The molecule has 1 aromatic heterocycles. The summed E-state index contributed by atoms with van der Waals surface area (Å²) in [5.41, 5.74) is 3.52. The van der Waals surface area contributed by atoms with Crippen LogP contribution in [0.15, 0.2) is 28.7 Å². The predicted octanol–water partition coefficient (Wildman–Crippen LogP) is 1.56. The zero-order valence-electron chi connectivity index (χ0n) is 11.2. The van der Waals surface area contributed by atoms with Crippen molar-refractivity contribution in [1.82, 2.24) is 15.0 Å². The number of nitrogens with zero attached hydrogens (tertiary/aromatic N) is 4. The van der Waals surface area contributed by atoms with E-state index in [1.807, 2.05) is 36.2 Å². The van der Waals surface area contributed by atoms with Crippen molar-refractivity contribution < 1.29 is 4.74 Å². The number of anilines is 2. The van der Waals surface area contributed by atoms with E-state index in [1.165, 1.54) is 7.11 Å². The number of benzene rings is 1. The fourth-order valence-corrected chi connectivity index (χ4v) is 2.10. The normalized spacial score (nSPS) is 10.2. The van der Waals surface area contributed by atoms with Crippen molar-refractivity contribution in [2.24, 2.45) is 5.84 Å². The molecule has 1 heterocycles. The quantitative estimate of drug-likeness (QED) is 0.631. The second-order valence-corrected chi connectivity index (χ2v) is 4.99. The van der Waals surface area contributed by atoms with Crippen LogP contribution in [0.5, 0.6) is 6.01 Å². The summed E-state index contributed by atoms with van der Waals surface area (Å²) in [5.74, 6) is 6.07. The maximum Gasteiger partial charge on any atom is 0.322 e. The van der Waals surface area contributed by atoms with Gasteiger partial charge in [0.15, 0.2) is 0 Å². The highest BCUT2D eigenvalue weighted by Gasteiger charge is 2.10. The van der Waals surface area contributed by atoms with Crippen molar-refractivity contribution in [3.8, 4) is 6.01 Å². The Kier molecular flexibility index (Phi) is 4.70. The third-order valence-corrected chi connectivity index (χ3v) is 3.06. The van der Waals surface area contributed by atoms with Crippen molar-refractivity contribution in [1.29, 1.82) is 0 Å². The first-order valence-corrected chi connectivity index (χ1v) is 6.64. The van der Waals surface area contributed by atoms with E-state index in [0.717, 1.165) is 10.0 Å². The van der Waals surface area contributed by atoms with Gasteiger partial charge in [0, 0.05) is 18.1 Å². The van der Waals surface area contributed by atoms with Crippen molar-refractivity contribution in [3.05, 3.63) is 34.3 Å². The van der Waals surface area contributed by atoms with Gasteiger partial charge in [-0.15, -0.1) is 0 Å². The Balaban J connectivity index is 2.22. The number of aromatic nitrogens is 3. The van der Waals surface area contributed by atoms with Gasteiger partial charge >= 0.3 is 6.01 Å². The molecule has 0 spiro atoms. The lowest BCUT2D eigenvalue weighted by atomic mass is 10.2. The van der Waals surface area contributed by atoms with E-state index in [1.54, 1.807) is 0 Å². The number of hydrogen-bond donors (Lipinski definition) is 2. The minimum atomic E-state index is 0.212. The summed E-state index contributed by atoms with van der Waals surface area (Å²) < 4.78 is 6.05. The van der Waals surface area contributed by atoms with Crippen molar-refractivity contribution in [3.63, 3.8) is 0 Å². The highest BCUT2D eigenvalue weighted by Crippen LogP contribution is 2.17. The molecule has 0 fully saturated rings. The summed E-state index contributed by atoms with van der Waals surface area (Å²) in [6.45, 7) is 0.649. The lowest BCUT2D eigenvalue weighted by Crippen LogP contribution is -2.21. The summed E-state index contributed by atoms with van der Waals surface area (Å²) in [6, 6.07) is 8.24. The van der Waals surface area contributed by atoms with Crippen molar-refractivity contribution >= 4 is 27.8 Å². The molecular formula is C12H15BrN6O. The van der Waals surface area contributed by atoms with Crippen LogP contribution in [0.25, 0.3) is 0 Å². The molecule has 106 valence electrons. The van der Waals surface area contributed by atoms with Gasteiger partial charge in [-0.25, -0.2) is 5.84 Å². The molecule has 0 saturated heterocycles. The van der Waals surface area contributed by atoms with E-state index < -0.39 is 0 Å². The van der Waals surface area contributed by atoms with Crippen LogP contribution in [0.4, 0.5) is 11.9 Å². The van der Waals surface area contributed by atoms with E-state index in [-0.39, 0.29) is 12.0 Å². The van der Waals surface area contributed by atoms with E-state index in [0.29, 0.717) is 12.5 Å². The Morgan fingerprint density at radius 1 is 1.35 bits per heavy atom. The van der Waals surface area contributed by atoms with Gasteiger partial charge in [-0.2, -0.15) is 15.0 Å². The fraction of sp³-hybridized carbons (Fsp3) is 0.250. The third kappa shape index (κ3) is 3.55. The molecule has 1 aromatic carbocycles. The largest absolute Gasteiger partial charge is 0.467 e. The van der Waals surface area contributed by atoms with Crippen LogP contribution >= 0.6 is 15.9 Å². The zero-order valence-corrected chi connectivity index (χ0v) is 12.8. The van der Waals surface area contributed by atoms with E-state index in [9.17, 15) is 0 Å². The van der Waals surface area contributed by atoms with Gasteiger partial charge in [0.25, 0.3) is 0 Å². The molecule has 2 aromatic rings. The first-order chi connectivity index (χ1) is 9.62. The Bertz CT molecular complexity index is 572. The number of nitrogens with one attached hydrogen (secondary N) is 1. The zero-order chi connectivity index (χ0) is 14.5. The Morgan fingerprint density at radius 3 is 2.80 bits per heavy atom. The smallest absolute Gasteiger partial charge is 0.322 e. The summed E-state index contributed by atoms with van der Waals surface area (Å²) in [7, 11) is 3.38. The molecule has 0 bridgehead atoms. The molecular weight excluding hydrogens is 324 g/mol. The number of hydrazine groups is 1. The number of nitrogens with two attached hydrogens (primary N) is 1. The molecule has 0 aliphatic rings. The highest BCUT2D eigenvalue weighted by molar-refractivity contribution is 9.10. The minimum absolute atomic E-state index is 0.212. The molecule has 0 aliphatic carbocycles. The van der Waals surface area contributed by atoms with Crippen molar-refractivity contribution in [2.45, 2.75) is 6.54 Å². The predicted molar refractivity (Wildman–Crippen MR) is 80.4 cm³/mol. The second kappa shape index (κ2) is 6.49. The van der Waals surface area contributed by atoms with Gasteiger partial charge in [-0.3, -0.25) is 5.43 Å². The average molecular weight is 339 g/mol. The SMILES string of the molecule is COc1nc(NN)nc(N(C)Cc2cccc(Br)c2)n1. The molecule has 20 heavy (non-hydrogen) atoms. The molecule has 0 aliphatic heterocycles. The van der Waals surface area contributed by atoms with Crippen LogP contribution in [0.2, 0.25) is 0 Å². The summed E-state index contributed by atoms with van der Waals surface area (Å²) >= 11 is 3.45. The van der Waals surface area contributed by atoms with Crippen LogP contribution in [0.3, 0.4) is 0 Å². The van der Waals surface area contributed by atoms with Gasteiger partial charge in [-0.05, 0) is 17.7 Å². The summed E-state index contributed by atoms with van der Waals surface area (Å²) in [4.78, 5) is 14.2. The Morgan fingerprint density at radius 2 is 2.15 bits per heavy atom. The first kappa shape index (κ1) is 14.5. The van der Waals surface area contributed by atoms with Gasteiger partial charge in [0.1, 0.15) is 0 Å². The van der Waals surface area contributed by atoms with E-state index in [2.05, 4.69) is 36.3 Å². The topological polar surface area (TPSA) is 89.2 Å². The number of nitrogen functional groups attached to an aromatic ring is 1. The monoisotopic (exact) mass is 338 g/mol. The maximum atomic E-state index is 5.33. The number of hydrogen-bond acceptors (Lipinski definition) is 7. The Labute approximate surface area is 125 Å². The van der Waals surface area contributed by atoms with Crippen LogP contribution in [-0.4, -0.2) is 29.1 Å². The molecule has 0 amide bonds. The fourth-order valence-electron chi connectivity index (χ4n) is 1.65. The minimum Gasteiger partial charge on any atom is -0.467 e. The van der Waals surface area contributed by atoms with Gasteiger partial charge < -0.3 is 9.64 Å². The molecule has 8 heteroatoms. The molecule has 7 nitrogen and oxygen atoms in total. The van der Waals surface area contributed by atoms with Gasteiger partial charge in [-0.1, -0.05) is 28.1 Å². The molecule has 0 unspecified atom stereocenters. The van der Waals surface area contributed by atoms with Crippen LogP contribution in [-0.2, 0) is 6.54 Å². The standard InChI is InChI=1S/C12H15BrN6O/c1-19(7-8-4-3-5-9(13)6-8)11-15-10(18-14)16-12(17-11)20-2/h3-6H,7,14H2,1-2H3,(H,15,16,17,18). The molecule has 0 radical (unpaired) electrons. The van der Waals surface area contributed by atoms with Gasteiger partial charge in [0.2, 0.25) is 11.9 Å². The van der Waals surface area contributed by atoms with Crippen molar-refractivity contribution in [2.75, 3.05) is 24.5 Å². The molecule has 2 rings (SSSR count). The van der Waals surface area contributed by atoms with Gasteiger partial charge in [0.05, 0.1) is 7.11 Å². The van der Waals surface area contributed by atoms with Crippen LogP contribution in [0, 0.1) is 0 Å². The number of halogens is 1. The molecule has 0 atom stereocenters. The average Bonchev–Trinajstić information content (AvgIpc) is 2.46. The van der Waals surface area contributed by atoms with Crippen LogP contribution in [0.1, 0.15) is 5.56 Å². The number of ether oxygens (including phenoxy) is 1. The lowest BCUT2D eigenvalue weighted by Gasteiger charge is -2.18. The number of methoxy groups -OCH3 is 1. The summed E-state index contributed by atoms with van der Waals surface area (Å²) in [5, 5.41) is 0. The maximum absolute atomic E-state index is 5.33. The second-order valence-electron chi connectivity index (χ2n) is 4.08. The highest BCUT2D eigenvalue weighted by atomic mass is 79.9. The summed E-state index contributed by atoms with van der Waals surface area (Å²) in [6.07, 6.45) is 0. The first-order valence-electron chi connectivity index (χ1n) is 5.84. The van der Waals surface area contributed by atoms with E-state index in [4.69, 9.17) is 10.6 Å². The lowest BCUT2D eigenvalue weighted by molar-refractivity contribution is 0.379. The third-order valence-electron chi connectivity index (χ3n) is 2.56. The molecule has 0 saturated carbocycles.